The molecule has 1 N–H and O–H groups in total. The molecule has 0 aromatic carbocycles. The Morgan fingerprint density at radius 3 is 2.41 bits per heavy atom. The van der Waals surface area contributed by atoms with Crippen LogP contribution in [0.3, 0.4) is 0 Å². The fourth-order valence-electron chi connectivity index (χ4n) is 5.61. The lowest BCUT2D eigenvalue weighted by atomic mass is 9.73. The Morgan fingerprint density at radius 2 is 1.93 bits per heavy atom. The number of nitrogens with one attached hydrogen (secondary N) is 1. The average Bonchev–Trinajstić information content (AvgIpc) is 3.55. The number of hydrogen-bond donors (Lipinski definition) is 1. The smallest absolute Gasteiger partial charge is 0.0582 e. The summed E-state index contributed by atoms with van der Waals surface area (Å²) < 4.78 is 0. The van der Waals surface area contributed by atoms with Gasteiger partial charge in [-0.25, -0.2) is 0 Å². The molecule has 0 aromatic heterocycles. The first kappa shape index (κ1) is 22.4. The fourth-order valence-corrected chi connectivity index (χ4v) is 5.61. The van der Waals surface area contributed by atoms with Gasteiger partial charge in [0.15, 0.2) is 0 Å². The average molecular weight is 396 g/mol. The van der Waals surface area contributed by atoms with Crippen molar-refractivity contribution in [3.63, 3.8) is 0 Å². The highest BCUT2D eigenvalue weighted by Gasteiger charge is 2.53. The van der Waals surface area contributed by atoms with E-state index in [0.717, 1.165) is 5.92 Å². The summed E-state index contributed by atoms with van der Waals surface area (Å²) in [5, 5.41) is 3.43. The van der Waals surface area contributed by atoms with Gasteiger partial charge in [-0.2, -0.15) is 0 Å². The molecule has 0 spiro atoms. The molecular formula is C28H45N. The molecule has 0 radical (unpaired) electrons. The van der Waals surface area contributed by atoms with Crippen molar-refractivity contribution in [2.24, 2.45) is 22.7 Å². The molecule has 162 valence electrons. The van der Waals surface area contributed by atoms with Crippen LogP contribution in [0.5, 0.6) is 0 Å². The first-order valence-corrected chi connectivity index (χ1v) is 12.2. The van der Waals surface area contributed by atoms with E-state index in [1.807, 2.05) is 0 Å². The molecule has 1 heteroatoms. The molecule has 0 bridgehead atoms. The first-order valence-electron chi connectivity index (χ1n) is 12.2. The summed E-state index contributed by atoms with van der Waals surface area (Å²) in [7, 11) is 0. The van der Waals surface area contributed by atoms with Crippen molar-refractivity contribution in [3.05, 3.63) is 46.3 Å². The minimum Gasteiger partial charge on any atom is -0.356 e. The fraction of sp³-hybridized carbons (Fsp3) is 0.714. The van der Waals surface area contributed by atoms with Crippen molar-refractivity contribution in [1.29, 1.82) is 0 Å². The summed E-state index contributed by atoms with van der Waals surface area (Å²) in [4.78, 5) is 0. The summed E-state index contributed by atoms with van der Waals surface area (Å²) in [6.45, 7) is 16.4. The van der Waals surface area contributed by atoms with E-state index < -0.39 is 0 Å². The van der Waals surface area contributed by atoms with Gasteiger partial charge >= 0.3 is 0 Å². The lowest BCUT2D eigenvalue weighted by Gasteiger charge is -2.32. The van der Waals surface area contributed by atoms with Crippen LogP contribution in [-0.4, -0.2) is 0 Å². The minimum absolute atomic E-state index is 0.414. The van der Waals surface area contributed by atoms with Crippen LogP contribution in [-0.2, 0) is 0 Å². The Labute approximate surface area is 180 Å². The summed E-state index contributed by atoms with van der Waals surface area (Å²) in [5.41, 5.74) is 8.65. The zero-order chi connectivity index (χ0) is 21.2. The van der Waals surface area contributed by atoms with Crippen LogP contribution in [0.25, 0.3) is 0 Å². The van der Waals surface area contributed by atoms with E-state index in [4.69, 9.17) is 0 Å². The van der Waals surface area contributed by atoms with Crippen LogP contribution in [0.4, 0.5) is 0 Å². The van der Waals surface area contributed by atoms with Crippen molar-refractivity contribution in [3.8, 4) is 0 Å². The Bertz CT molecular complexity index is 714. The Hall–Kier alpha value is -1.24. The maximum absolute atomic E-state index is 3.43. The molecule has 1 nitrogen and oxygen atoms in total. The highest BCUT2D eigenvalue weighted by Crippen LogP contribution is 2.64. The zero-order valence-electron chi connectivity index (χ0n) is 20.3. The van der Waals surface area contributed by atoms with Gasteiger partial charge in [-0.15, -0.1) is 0 Å². The quantitative estimate of drug-likeness (QED) is 0.348. The third-order valence-corrected chi connectivity index (χ3v) is 7.24. The SMILES string of the molecule is C/C=C(/CCC(CCCC)CC(C)(C)C)C(C=C(C)C)C1(C2=CC3=C(C2)N3)CC1. The lowest BCUT2D eigenvalue weighted by Crippen LogP contribution is -2.21. The Kier molecular flexibility index (Phi) is 6.86. The maximum Gasteiger partial charge on any atom is 0.0582 e. The minimum atomic E-state index is 0.414. The van der Waals surface area contributed by atoms with Crippen LogP contribution >= 0.6 is 0 Å². The van der Waals surface area contributed by atoms with Gasteiger partial charge in [-0.3, -0.25) is 0 Å². The number of unbranched alkanes of at least 4 members (excludes halogenated alkanes) is 1. The van der Waals surface area contributed by atoms with Crippen LogP contribution in [0.2, 0.25) is 0 Å². The molecule has 1 heterocycles. The van der Waals surface area contributed by atoms with Gasteiger partial charge in [-0.1, -0.05) is 75.8 Å². The van der Waals surface area contributed by atoms with E-state index in [1.54, 1.807) is 11.1 Å². The molecule has 1 aliphatic heterocycles. The molecule has 29 heavy (non-hydrogen) atoms. The second-order valence-corrected chi connectivity index (χ2v) is 11.4. The number of rotatable bonds is 11. The van der Waals surface area contributed by atoms with E-state index in [0.29, 0.717) is 16.7 Å². The van der Waals surface area contributed by atoms with Crippen LogP contribution in [0.1, 0.15) is 106 Å². The number of hydrogen-bond acceptors (Lipinski definition) is 1. The van der Waals surface area contributed by atoms with Gasteiger partial charge in [0.25, 0.3) is 0 Å². The molecule has 3 rings (SSSR count). The lowest BCUT2D eigenvalue weighted by molar-refractivity contribution is 0.264. The van der Waals surface area contributed by atoms with E-state index >= 15 is 0 Å². The molecule has 0 amide bonds. The van der Waals surface area contributed by atoms with Gasteiger partial charge in [0, 0.05) is 23.5 Å². The predicted molar refractivity (Wildman–Crippen MR) is 128 cm³/mol. The van der Waals surface area contributed by atoms with Crippen molar-refractivity contribution in [2.45, 2.75) is 106 Å². The molecule has 1 fully saturated rings. The maximum atomic E-state index is 3.43. The Balaban J connectivity index is 1.72. The Morgan fingerprint density at radius 1 is 1.21 bits per heavy atom. The summed E-state index contributed by atoms with van der Waals surface area (Å²) in [6.07, 6.45) is 19.5. The molecule has 2 aliphatic carbocycles. The standard InChI is InChI=1S/C28H45N/c1-8-10-11-21(19-27(5,6)7)12-13-22(9-2)24(16-20(3)4)28(14-15-28)23-17-25-26(18-23)29-25/h9,16-17,21,24,29H,8,10-15,18-19H2,1-7H3/b22-9-. The van der Waals surface area contributed by atoms with E-state index in [9.17, 15) is 0 Å². The molecule has 3 aliphatic rings. The zero-order valence-corrected chi connectivity index (χ0v) is 20.3. The summed E-state index contributed by atoms with van der Waals surface area (Å²) in [5.74, 6) is 1.46. The van der Waals surface area contributed by atoms with E-state index in [1.165, 1.54) is 74.8 Å². The van der Waals surface area contributed by atoms with Crippen molar-refractivity contribution >= 4 is 0 Å². The van der Waals surface area contributed by atoms with Gasteiger partial charge in [-0.05, 0) is 70.3 Å². The first-order chi connectivity index (χ1) is 13.7. The second kappa shape index (κ2) is 8.86. The molecule has 0 aromatic rings. The second-order valence-electron chi connectivity index (χ2n) is 11.4. The summed E-state index contributed by atoms with van der Waals surface area (Å²) in [6, 6.07) is 0. The third-order valence-electron chi connectivity index (χ3n) is 7.24. The topological polar surface area (TPSA) is 21.9 Å². The van der Waals surface area contributed by atoms with Gasteiger partial charge in [0.1, 0.15) is 0 Å². The van der Waals surface area contributed by atoms with Gasteiger partial charge < -0.3 is 5.32 Å². The van der Waals surface area contributed by atoms with Crippen LogP contribution < -0.4 is 5.32 Å². The largest absolute Gasteiger partial charge is 0.356 e. The highest BCUT2D eigenvalue weighted by molar-refractivity contribution is 5.54. The van der Waals surface area contributed by atoms with Crippen LogP contribution in [0.15, 0.2) is 46.3 Å². The van der Waals surface area contributed by atoms with Crippen LogP contribution in [0, 0.1) is 22.7 Å². The molecular weight excluding hydrogens is 350 g/mol. The van der Waals surface area contributed by atoms with Crippen molar-refractivity contribution in [2.75, 3.05) is 0 Å². The van der Waals surface area contributed by atoms with Crippen molar-refractivity contribution in [1.82, 2.24) is 5.32 Å². The molecule has 1 saturated carbocycles. The highest BCUT2D eigenvalue weighted by atomic mass is 15.1. The molecule has 2 unspecified atom stereocenters. The van der Waals surface area contributed by atoms with Gasteiger partial charge in [0.2, 0.25) is 0 Å². The van der Waals surface area contributed by atoms with E-state index in [2.05, 4.69) is 72.0 Å². The van der Waals surface area contributed by atoms with Crippen molar-refractivity contribution < 1.29 is 0 Å². The van der Waals surface area contributed by atoms with E-state index in [-0.39, 0.29) is 0 Å². The molecule has 2 atom stereocenters. The molecule has 0 saturated heterocycles. The predicted octanol–water partition coefficient (Wildman–Crippen LogP) is 8.46. The summed E-state index contributed by atoms with van der Waals surface area (Å²) >= 11 is 0. The van der Waals surface area contributed by atoms with Gasteiger partial charge in [0.05, 0.1) is 5.70 Å². The monoisotopic (exact) mass is 395 g/mol. The normalized spacial score (nSPS) is 21.9. The third kappa shape index (κ3) is 5.68. The number of allylic oxidation sites excluding steroid dienone is 6.